The smallest absolute Gasteiger partial charge is 0.273 e. The molecule has 1 aliphatic heterocycles. The Morgan fingerprint density at radius 1 is 1.00 bits per heavy atom. The number of nitrogens with zero attached hydrogens (tertiary/aromatic N) is 1. The number of imide groups is 1. The summed E-state index contributed by atoms with van der Waals surface area (Å²) in [6, 6.07) is 0. The summed E-state index contributed by atoms with van der Waals surface area (Å²) < 4.78 is 0. The van der Waals surface area contributed by atoms with E-state index in [4.69, 9.17) is 0 Å². The average Bonchev–Trinajstić information content (AvgIpc) is 2.63. The van der Waals surface area contributed by atoms with E-state index in [1.165, 1.54) is 37.0 Å². The molecular weight excluding hydrogens is 254 g/mol. The first kappa shape index (κ1) is 14.9. The lowest BCUT2D eigenvalue weighted by atomic mass is 10.1. The lowest BCUT2D eigenvalue weighted by molar-refractivity contribution is -0.124. The molecule has 0 saturated carbocycles. The molecule has 3 nitrogen and oxygen atoms in total. The van der Waals surface area contributed by atoms with Crippen LogP contribution in [-0.4, -0.2) is 34.1 Å². The number of hydrogen-bond donors (Lipinski definition) is 1. The largest absolute Gasteiger partial charge is 0.288 e. The summed E-state index contributed by atoms with van der Waals surface area (Å²) in [4.78, 5) is 24.0. The summed E-state index contributed by atoms with van der Waals surface area (Å²) in [5, 5.41) is -0.0659. The maximum atomic E-state index is 11.3. The minimum absolute atomic E-state index is 0.0196. The Bertz CT molecular complexity index is 243. The first-order valence-electron chi connectivity index (χ1n) is 6.33. The Hall–Kier alpha value is -0.160. The van der Waals surface area contributed by atoms with E-state index in [1.807, 2.05) is 0 Å². The van der Waals surface area contributed by atoms with Gasteiger partial charge in [0.15, 0.2) is 0 Å². The van der Waals surface area contributed by atoms with E-state index < -0.39 is 0 Å². The van der Waals surface area contributed by atoms with Gasteiger partial charge in [0.25, 0.3) is 5.24 Å². The third-order valence-corrected chi connectivity index (χ3v) is 4.06. The molecule has 1 aliphatic rings. The molecule has 5 heteroatoms. The van der Waals surface area contributed by atoms with Gasteiger partial charge in [-0.3, -0.25) is 14.5 Å². The van der Waals surface area contributed by atoms with Gasteiger partial charge in [0.2, 0.25) is 5.91 Å². The second-order valence-corrected chi connectivity index (χ2v) is 5.67. The van der Waals surface area contributed by atoms with Gasteiger partial charge < -0.3 is 0 Å². The van der Waals surface area contributed by atoms with E-state index >= 15 is 0 Å². The van der Waals surface area contributed by atoms with Crippen molar-refractivity contribution in [3.63, 3.8) is 0 Å². The van der Waals surface area contributed by atoms with Crippen molar-refractivity contribution >= 4 is 35.5 Å². The molecule has 17 heavy (non-hydrogen) atoms. The lowest BCUT2D eigenvalue weighted by Gasteiger charge is -2.11. The van der Waals surface area contributed by atoms with Crippen LogP contribution in [0, 0.1) is 0 Å². The lowest BCUT2D eigenvalue weighted by Crippen LogP contribution is -2.29. The minimum Gasteiger partial charge on any atom is -0.273 e. The fourth-order valence-electron chi connectivity index (χ4n) is 1.86. The van der Waals surface area contributed by atoms with Gasteiger partial charge in [-0.25, -0.2) is 0 Å². The van der Waals surface area contributed by atoms with Gasteiger partial charge in [-0.15, -0.1) is 0 Å². The summed E-state index contributed by atoms with van der Waals surface area (Å²) in [6.07, 6.45) is 8.27. The SMILES string of the molecule is O=C1CSC(=O)N1CCCCCCCCCS. The number of thioether (sulfide) groups is 1. The standard InChI is InChI=1S/C12H21NO2S2/c14-11-10-17-12(15)13(11)8-6-4-2-1-3-5-7-9-16/h16H,1-10H2. The number of carbonyl (C=O) groups excluding carboxylic acids is 2. The maximum Gasteiger partial charge on any atom is 0.288 e. The van der Waals surface area contributed by atoms with E-state index in [-0.39, 0.29) is 11.1 Å². The summed E-state index contributed by atoms with van der Waals surface area (Å²) in [7, 11) is 0. The Kier molecular flexibility index (Phi) is 7.77. The monoisotopic (exact) mass is 275 g/mol. The van der Waals surface area contributed by atoms with Crippen LogP contribution in [0.3, 0.4) is 0 Å². The van der Waals surface area contributed by atoms with Crippen LogP contribution < -0.4 is 0 Å². The first-order valence-corrected chi connectivity index (χ1v) is 7.95. The normalized spacial score (nSPS) is 15.9. The van der Waals surface area contributed by atoms with Crippen LogP contribution in [0.25, 0.3) is 0 Å². The van der Waals surface area contributed by atoms with E-state index in [0.717, 1.165) is 30.4 Å². The second-order valence-electron chi connectivity index (χ2n) is 4.30. The summed E-state index contributed by atoms with van der Waals surface area (Å²) in [6.45, 7) is 0.612. The van der Waals surface area contributed by atoms with Gasteiger partial charge in [0, 0.05) is 6.54 Å². The summed E-state index contributed by atoms with van der Waals surface area (Å²) >= 11 is 5.30. The summed E-state index contributed by atoms with van der Waals surface area (Å²) in [5.41, 5.74) is 0. The molecule has 0 bridgehead atoms. The van der Waals surface area contributed by atoms with Gasteiger partial charge in [0.05, 0.1) is 5.75 Å². The number of unbranched alkanes of at least 4 members (excludes halogenated alkanes) is 6. The maximum absolute atomic E-state index is 11.3. The molecule has 0 N–H and O–H groups in total. The minimum atomic E-state index is -0.0659. The number of hydrogen-bond acceptors (Lipinski definition) is 4. The highest BCUT2D eigenvalue weighted by atomic mass is 32.2. The van der Waals surface area contributed by atoms with Crippen LogP contribution in [0.15, 0.2) is 0 Å². The van der Waals surface area contributed by atoms with Crippen LogP contribution in [0.5, 0.6) is 0 Å². The predicted molar refractivity (Wildman–Crippen MR) is 75.7 cm³/mol. The summed E-state index contributed by atoms with van der Waals surface area (Å²) in [5.74, 6) is 1.30. The molecule has 0 aromatic rings. The first-order chi connectivity index (χ1) is 8.25. The Morgan fingerprint density at radius 3 is 2.12 bits per heavy atom. The zero-order chi connectivity index (χ0) is 12.5. The zero-order valence-electron chi connectivity index (χ0n) is 10.2. The second kappa shape index (κ2) is 8.86. The van der Waals surface area contributed by atoms with Crippen LogP contribution >= 0.6 is 24.4 Å². The van der Waals surface area contributed by atoms with E-state index in [2.05, 4.69) is 12.6 Å². The molecule has 98 valence electrons. The highest BCUT2D eigenvalue weighted by Gasteiger charge is 2.28. The van der Waals surface area contributed by atoms with Gasteiger partial charge in [-0.1, -0.05) is 43.9 Å². The average molecular weight is 275 g/mol. The third-order valence-electron chi connectivity index (χ3n) is 2.88. The molecule has 0 atom stereocenters. The van der Waals surface area contributed by atoms with Crippen molar-refractivity contribution in [2.45, 2.75) is 44.9 Å². The molecule has 1 fully saturated rings. The van der Waals surface area contributed by atoms with Crippen molar-refractivity contribution in [3.8, 4) is 0 Å². The van der Waals surface area contributed by atoms with Crippen LogP contribution in [0.1, 0.15) is 44.9 Å². The Morgan fingerprint density at radius 2 is 1.59 bits per heavy atom. The number of thiol groups is 1. The number of amides is 2. The zero-order valence-corrected chi connectivity index (χ0v) is 11.9. The molecule has 0 radical (unpaired) electrons. The Balaban J connectivity index is 1.93. The van der Waals surface area contributed by atoms with Gasteiger partial charge in [-0.05, 0) is 18.6 Å². The van der Waals surface area contributed by atoms with Crippen molar-refractivity contribution < 1.29 is 9.59 Å². The van der Waals surface area contributed by atoms with Crippen LogP contribution in [0.4, 0.5) is 4.79 Å². The van der Waals surface area contributed by atoms with Crippen molar-refractivity contribution in [2.24, 2.45) is 0 Å². The molecule has 0 aromatic heterocycles. The Labute approximate surface area is 113 Å². The van der Waals surface area contributed by atoms with Gasteiger partial charge in [0.1, 0.15) is 0 Å². The molecule has 1 rings (SSSR count). The fourth-order valence-corrected chi connectivity index (χ4v) is 2.84. The molecule has 1 heterocycles. The van der Waals surface area contributed by atoms with Crippen LogP contribution in [0.2, 0.25) is 0 Å². The molecular formula is C12H21NO2S2. The van der Waals surface area contributed by atoms with Crippen molar-refractivity contribution in [1.29, 1.82) is 0 Å². The highest BCUT2D eigenvalue weighted by Crippen LogP contribution is 2.19. The number of carbonyl (C=O) groups is 2. The van der Waals surface area contributed by atoms with E-state index in [9.17, 15) is 9.59 Å². The molecule has 0 aromatic carbocycles. The van der Waals surface area contributed by atoms with Gasteiger partial charge >= 0.3 is 0 Å². The van der Waals surface area contributed by atoms with E-state index in [1.54, 1.807) is 0 Å². The molecule has 0 spiro atoms. The van der Waals surface area contributed by atoms with Crippen molar-refractivity contribution in [2.75, 3.05) is 18.1 Å². The molecule has 0 aliphatic carbocycles. The highest BCUT2D eigenvalue weighted by molar-refractivity contribution is 8.14. The predicted octanol–water partition coefficient (Wildman–Crippen LogP) is 3.34. The third kappa shape index (κ3) is 5.82. The topological polar surface area (TPSA) is 37.4 Å². The number of rotatable bonds is 9. The van der Waals surface area contributed by atoms with E-state index in [0.29, 0.717) is 12.3 Å². The quantitative estimate of drug-likeness (QED) is 0.518. The molecule has 2 amide bonds. The molecule has 0 unspecified atom stereocenters. The fraction of sp³-hybridized carbons (Fsp3) is 0.833. The van der Waals surface area contributed by atoms with Crippen molar-refractivity contribution in [1.82, 2.24) is 4.90 Å². The van der Waals surface area contributed by atoms with Crippen molar-refractivity contribution in [3.05, 3.63) is 0 Å². The van der Waals surface area contributed by atoms with Gasteiger partial charge in [-0.2, -0.15) is 12.6 Å². The van der Waals surface area contributed by atoms with Crippen LogP contribution in [-0.2, 0) is 4.79 Å². The molecule has 1 saturated heterocycles.